The van der Waals surface area contributed by atoms with E-state index in [0.717, 1.165) is 16.7 Å². The summed E-state index contributed by atoms with van der Waals surface area (Å²) in [4.78, 5) is 12.4. The van der Waals surface area contributed by atoms with Gasteiger partial charge in [0.25, 0.3) is 5.91 Å². The molecule has 0 atom stereocenters. The zero-order valence-corrected chi connectivity index (χ0v) is 17.2. The Kier molecular flexibility index (Phi) is 6.40. The molecule has 4 aromatic rings. The largest absolute Gasteiger partial charge is 0.488 e. The number of benzene rings is 3. The lowest BCUT2D eigenvalue weighted by Gasteiger charge is -2.10. The minimum Gasteiger partial charge on any atom is -0.488 e. The zero-order valence-electron chi connectivity index (χ0n) is 16.5. The second kappa shape index (κ2) is 9.73. The number of hydrogen-bond acceptors (Lipinski definition) is 4. The van der Waals surface area contributed by atoms with Crippen molar-refractivity contribution in [3.05, 3.63) is 107 Å². The number of rotatable bonds is 7. The molecular weight excluding hydrogens is 412 g/mol. The Labute approximate surface area is 184 Å². The van der Waals surface area contributed by atoms with Gasteiger partial charge in [0.05, 0.1) is 11.9 Å². The number of nitrogens with one attached hydrogen (secondary N) is 2. The number of carbonyl (C=O) groups is 1. The van der Waals surface area contributed by atoms with Crippen molar-refractivity contribution in [1.29, 1.82) is 0 Å². The molecule has 0 bridgehead atoms. The molecular formula is C24H19ClN4O2. The lowest BCUT2D eigenvalue weighted by molar-refractivity contribution is 0.0950. The fourth-order valence-electron chi connectivity index (χ4n) is 2.89. The third-order valence-electron chi connectivity index (χ3n) is 4.47. The molecule has 0 saturated heterocycles. The highest BCUT2D eigenvalue weighted by atomic mass is 35.5. The zero-order chi connectivity index (χ0) is 21.5. The molecule has 0 saturated carbocycles. The van der Waals surface area contributed by atoms with E-state index in [9.17, 15) is 4.79 Å². The van der Waals surface area contributed by atoms with Gasteiger partial charge in [-0.1, -0.05) is 66.2 Å². The topological polar surface area (TPSA) is 79.4 Å². The van der Waals surface area contributed by atoms with Gasteiger partial charge in [0, 0.05) is 10.6 Å². The van der Waals surface area contributed by atoms with Crippen LogP contribution in [-0.4, -0.2) is 22.3 Å². The van der Waals surface area contributed by atoms with E-state index in [1.54, 1.807) is 30.3 Å². The lowest BCUT2D eigenvalue weighted by Crippen LogP contribution is -2.17. The van der Waals surface area contributed by atoms with Gasteiger partial charge >= 0.3 is 0 Å². The fraction of sp³-hybridized carbons (Fsp3) is 0.0417. The van der Waals surface area contributed by atoms with Crippen molar-refractivity contribution in [3.8, 4) is 17.0 Å². The molecule has 0 spiro atoms. The monoisotopic (exact) mass is 430 g/mol. The number of H-pyrrole nitrogens is 1. The van der Waals surface area contributed by atoms with Crippen LogP contribution in [0.2, 0.25) is 5.02 Å². The Morgan fingerprint density at radius 2 is 1.77 bits per heavy atom. The summed E-state index contributed by atoms with van der Waals surface area (Å²) < 4.78 is 5.98. The van der Waals surface area contributed by atoms with Gasteiger partial charge < -0.3 is 4.74 Å². The van der Waals surface area contributed by atoms with Crippen LogP contribution in [0.1, 0.15) is 21.6 Å². The van der Waals surface area contributed by atoms with Crippen molar-refractivity contribution < 1.29 is 9.53 Å². The lowest BCUT2D eigenvalue weighted by atomic mass is 10.1. The van der Waals surface area contributed by atoms with Crippen LogP contribution >= 0.6 is 11.6 Å². The van der Waals surface area contributed by atoms with Gasteiger partial charge in [-0.25, -0.2) is 5.43 Å². The van der Waals surface area contributed by atoms with E-state index in [-0.39, 0.29) is 0 Å². The molecule has 4 rings (SSSR count). The van der Waals surface area contributed by atoms with Crippen LogP contribution in [0.15, 0.2) is 90.0 Å². The Morgan fingerprint density at radius 3 is 2.58 bits per heavy atom. The maximum atomic E-state index is 12.4. The third-order valence-corrected chi connectivity index (χ3v) is 4.72. The number of nitrogens with zero attached hydrogens (tertiary/aromatic N) is 2. The third kappa shape index (κ3) is 5.38. The van der Waals surface area contributed by atoms with Crippen molar-refractivity contribution in [1.82, 2.24) is 15.6 Å². The number of amides is 1. The molecule has 6 nitrogen and oxygen atoms in total. The van der Waals surface area contributed by atoms with Crippen LogP contribution in [0, 0.1) is 0 Å². The standard InChI is InChI=1S/C24H19ClN4O2/c25-19-12-10-17(11-13-19)15-26-29-24(30)22-14-21(27-28-22)20-8-4-5-9-23(20)31-16-18-6-2-1-3-7-18/h1-15H,16H2,(H,27,28)(H,29,30). The van der Waals surface area contributed by atoms with Crippen molar-refractivity contribution in [2.24, 2.45) is 5.10 Å². The number of halogens is 1. The molecule has 2 N–H and O–H groups in total. The maximum Gasteiger partial charge on any atom is 0.289 e. The number of carbonyl (C=O) groups excluding carboxylic acids is 1. The summed E-state index contributed by atoms with van der Waals surface area (Å²) in [5, 5.41) is 11.6. The first-order valence-corrected chi connectivity index (χ1v) is 9.97. The predicted molar refractivity (Wildman–Crippen MR) is 121 cm³/mol. The van der Waals surface area contributed by atoms with E-state index in [2.05, 4.69) is 20.7 Å². The van der Waals surface area contributed by atoms with E-state index in [1.165, 1.54) is 6.21 Å². The Bertz CT molecular complexity index is 1190. The van der Waals surface area contributed by atoms with E-state index >= 15 is 0 Å². The molecule has 1 aromatic heterocycles. The summed E-state index contributed by atoms with van der Waals surface area (Å²) in [5.74, 6) is 0.289. The molecule has 0 aliphatic rings. The van der Waals surface area contributed by atoms with E-state index in [4.69, 9.17) is 16.3 Å². The van der Waals surface area contributed by atoms with Gasteiger partial charge in [-0.05, 0) is 41.5 Å². The van der Waals surface area contributed by atoms with Crippen LogP contribution in [0.25, 0.3) is 11.3 Å². The van der Waals surface area contributed by atoms with Gasteiger partial charge in [-0.2, -0.15) is 10.2 Å². The molecule has 154 valence electrons. The van der Waals surface area contributed by atoms with Crippen molar-refractivity contribution in [3.63, 3.8) is 0 Å². The molecule has 7 heteroatoms. The average molecular weight is 431 g/mol. The molecule has 31 heavy (non-hydrogen) atoms. The minimum atomic E-state index is -0.397. The number of ether oxygens (including phenoxy) is 1. The van der Waals surface area contributed by atoms with E-state index in [0.29, 0.717) is 28.8 Å². The van der Waals surface area contributed by atoms with Gasteiger partial charge in [-0.15, -0.1) is 0 Å². The average Bonchev–Trinajstić information content (AvgIpc) is 3.30. The van der Waals surface area contributed by atoms with E-state index < -0.39 is 5.91 Å². The quantitative estimate of drug-likeness (QED) is 0.317. The maximum absolute atomic E-state index is 12.4. The van der Waals surface area contributed by atoms with Gasteiger partial charge in [0.15, 0.2) is 0 Å². The normalized spacial score (nSPS) is 10.9. The minimum absolute atomic E-state index is 0.293. The molecule has 0 unspecified atom stereocenters. The second-order valence-corrected chi connectivity index (χ2v) is 7.12. The van der Waals surface area contributed by atoms with Crippen molar-refractivity contribution in [2.75, 3.05) is 0 Å². The number of para-hydroxylation sites is 1. The SMILES string of the molecule is O=C(NN=Cc1ccc(Cl)cc1)c1cc(-c2ccccc2OCc2ccccc2)n[nH]1. The molecule has 0 aliphatic heterocycles. The second-order valence-electron chi connectivity index (χ2n) is 6.69. The predicted octanol–water partition coefficient (Wildman–Crippen LogP) is 5.07. The van der Waals surface area contributed by atoms with Crippen molar-refractivity contribution >= 4 is 23.7 Å². The van der Waals surface area contributed by atoms with Gasteiger partial charge in [0.2, 0.25) is 0 Å². The van der Waals surface area contributed by atoms with Gasteiger partial charge in [-0.3, -0.25) is 9.89 Å². The molecule has 3 aromatic carbocycles. The van der Waals surface area contributed by atoms with Gasteiger partial charge in [0.1, 0.15) is 18.1 Å². The first-order chi connectivity index (χ1) is 15.2. The smallest absolute Gasteiger partial charge is 0.289 e. The molecule has 0 radical (unpaired) electrons. The van der Waals surface area contributed by atoms with Crippen LogP contribution in [0.4, 0.5) is 0 Å². The Hall–Kier alpha value is -3.90. The van der Waals surface area contributed by atoms with Crippen molar-refractivity contribution in [2.45, 2.75) is 6.61 Å². The number of hydrazone groups is 1. The van der Waals surface area contributed by atoms with E-state index in [1.807, 2.05) is 54.6 Å². The highest BCUT2D eigenvalue weighted by molar-refractivity contribution is 6.30. The molecule has 1 heterocycles. The van der Waals surface area contributed by atoms with Crippen LogP contribution < -0.4 is 10.2 Å². The summed E-state index contributed by atoms with van der Waals surface area (Å²) >= 11 is 5.86. The summed E-state index contributed by atoms with van der Waals surface area (Å²) in [6.45, 7) is 0.440. The molecule has 0 aliphatic carbocycles. The number of aromatic amines is 1. The first kappa shape index (κ1) is 20.4. The fourth-order valence-corrected chi connectivity index (χ4v) is 3.02. The number of aromatic nitrogens is 2. The summed E-state index contributed by atoms with van der Waals surface area (Å²) in [6.07, 6.45) is 1.54. The summed E-state index contributed by atoms with van der Waals surface area (Å²) in [7, 11) is 0. The molecule has 1 amide bonds. The van der Waals surface area contributed by atoms with Crippen LogP contribution in [0.3, 0.4) is 0 Å². The summed E-state index contributed by atoms with van der Waals surface area (Å²) in [6, 6.07) is 26.3. The highest BCUT2D eigenvalue weighted by Gasteiger charge is 2.13. The number of hydrogen-bond donors (Lipinski definition) is 2. The summed E-state index contributed by atoms with van der Waals surface area (Å²) in [5.41, 5.74) is 6.06. The Morgan fingerprint density at radius 1 is 1.03 bits per heavy atom. The highest BCUT2D eigenvalue weighted by Crippen LogP contribution is 2.29. The molecule has 0 fully saturated rings. The first-order valence-electron chi connectivity index (χ1n) is 9.59. The van der Waals surface area contributed by atoms with Crippen LogP contribution in [0.5, 0.6) is 5.75 Å². The van der Waals surface area contributed by atoms with Crippen LogP contribution in [-0.2, 0) is 6.61 Å². The Balaban J connectivity index is 1.43.